The molecule has 4 rings (SSSR count). The van der Waals surface area contributed by atoms with Crippen molar-refractivity contribution in [3.8, 4) is 22.6 Å². The molecule has 0 aliphatic rings. The molecule has 32 heavy (non-hydrogen) atoms. The van der Waals surface area contributed by atoms with Gasteiger partial charge < -0.3 is 24.9 Å². The van der Waals surface area contributed by atoms with Gasteiger partial charge in [0.05, 0.1) is 26.9 Å². The summed E-state index contributed by atoms with van der Waals surface area (Å²) in [7, 11) is 3.22. The number of H-pyrrole nitrogens is 1. The zero-order valence-corrected chi connectivity index (χ0v) is 18.1. The monoisotopic (exact) mass is 430 g/mol. The van der Waals surface area contributed by atoms with E-state index in [9.17, 15) is 9.90 Å². The minimum absolute atomic E-state index is 0.158. The van der Waals surface area contributed by atoms with Gasteiger partial charge in [-0.3, -0.25) is 4.79 Å². The van der Waals surface area contributed by atoms with Crippen molar-refractivity contribution in [3.05, 3.63) is 84.1 Å². The third kappa shape index (κ3) is 4.45. The molecule has 1 aromatic heterocycles. The molecule has 6 nitrogen and oxygen atoms in total. The van der Waals surface area contributed by atoms with Gasteiger partial charge in [0, 0.05) is 28.2 Å². The number of hydrogen-bond donors (Lipinski definition) is 3. The lowest BCUT2D eigenvalue weighted by atomic mass is 10.0. The second-order valence-corrected chi connectivity index (χ2v) is 7.56. The van der Waals surface area contributed by atoms with Crippen LogP contribution in [0.4, 0.5) is 0 Å². The summed E-state index contributed by atoms with van der Waals surface area (Å²) in [6.45, 7) is -0.158. The van der Waals surface area contributed by atoms with Crippen LogP contribution in [0.15, 0.2) is 72.9 Å². The first-order valence-electron chi connectivity index (χ1n) is 10.4. The molecule has 0 saturated carbocycles. The first-order valence-corrected chi connectivity index (χ1v) is 10.4. The minimum Gasteiger partial charge on any atom is -0.497 e. The maximum atomic E-state index is 13.0. The van der Waals surface area contributed by atoms with Crippen molar-refractivity contribution in [1.82, 2.24) is 10.3 Å². The molecule has 0 fully saturated rings. The van der Waals surface area contributed by atoms with Gasteiger partial charge in [-0.2, -0.15) is 0 Å². The Hall–Kier alpha value is -3.77. The zero-order valence-electron chi connectivity index (χ0n) is 18.1. The maximum Gasteiger partial charge on any atom is 0.251 e. The molecule has 1 amide bonds. The third-order valence-electron chi connectivity index (χ3n) is 5.54. The Morgan fingerprint density at radius 3 is 2.66 bits per heavy atom. The first-order chi connectivity index (χ1) is 15.6. The summed E-state index contributed by atoms with van der Waals surface area (Å²) >= 11 is 0. The van der Waals surface area contributed by atoms with Crippen molar-refractivity contribution in [1.29, 1.82) is 0 Å². The average Bonchev–Trinajstić information content (AvgIpc) is 3.26. The van der Waals surface area contributed by atoms with E-state index < -0.39 is 6.04 Å². The van der Waals surface area contributed by atoms with Gasteiger partial charge in [-0.25, -0.2) is 0 Å². The van der Waals surface area contributed by atoms with Crippen molar-refractivity contribution in [2.75, 3.05) is 20.8 Å². The summed E-state index contributed by atoms with van der Waals surface area (Å²) in [4.78, 5) is 16.2. The van der Waals surface area contributed by atoms with E-state index in [0.29, 0.717) is 23.5 Å². The topological polar surface area (TPSA) is 83.6 Å². The molecule has 0 spiro atoms. The van der Waals surface area contributed by atoms with Crippen LogP contribution in [-0.2, 0) is 6.42 Å². The van der Waals surface area contributed by atoms with E-state index in [1.807, 2.05) is 66.9 Å². The summed E-state index contributed by atoms with van der Waals surface area (Å²) in [6.07, 6.45) is 2.45. The van der Waals surface area contributed by atoms with E-state index in [0.717, 1.165) is 27.6 Å². The second kappa shape index (κ2) is 9.58. The van der Waals surface area contributed by atoms with E-state index in [1.165, 1.54) is 0 Å². The number of aliphatic hydroxyl groups is 1. The highest BCUT2D eigenvalue weighted by atomic mass is 16.5. The first kappa shape index (κ1) is 21.5. The molecule has 1 heterocycles. The number of para-hydroxylation sites is 1. The summed E-state index contributed by atoms with van der Waals surface area (Å²) in [6, 6.07) is 20.4. The molecule has 0 saturated heterocycles. The number of amides is 1. The van der Waals surface area contributed by atoms with Gasteiger partial charge in [-0.1, -0.05) is 30.3 Å². The van der Waals surface area contributed by atoms with Crippen LogP contribution in [0.25, 0.3) is 22.0 Å². The molecule has 0 aliphatic heterocycles. The number of rotatable bonds is 8. The Kier molecular flexibility index (Phi) is 6.42. The molecule has 4 aromatic rings. The number of methoxy groups -OCH3 is 2. The molecule has 1 atom stereocenters. The van der Waals surface area contributed by atoms with Crippen molar-refractivity contribution < 1.29 is 19.4 Å². The molecule has 0 bridgehead atoms. The van der Waals surface area contributed by atoms with Crippen molar-refractivity contribution in [2.45, 2.75) is 12.5 Å². The molecule has 0 aliphatic carbocycles. The highest BCUT2D eigenvalue weighted by Gasteiger charge is 2.17. The van der Waals surface area contributed by atoms with Crippen LogP contribution in [0.1, 0.15) is 15.9 Å². The number of ether oxygens (including phenoxy) is 2. The second-order valence-electron chi connectivity index (χ2n) is 7.56. The third-order valence-corrected chi connectivity index (χ3v) is 5.54. The van der Waals surface area contributed by atoms with Crippen molar-refractivity contribution >= 4 is 16.8 Å². The molecule has 3 N–H and O–H groups in total. The van der Waals surface area contributed by atoms with E-state index >= 15 is 0 Å². The Morgan fingerprint density at radius 2 is 1.88 bits per heavy atom. The van der Waals surface area contributed by atoms with Crippen LogP contribution < -0.4 is 14.8 Å². The molecular weight excluding hydrogens is 404 g/mol. The number of benzene rings is 3. The van der Waals surface area contributed by atoms with Crippen LogP contribution in [0, 0.1) is 0 Å². The van der Waals surface area contributed by atoms with E-state index in [4.69, 9.17) is 9.47 Å². The summed E-state index contributed by atoms with van der Waals surface area (Å²) < 4.78 is 10.8. The molecule has 3 aromatic carbocycles. The molecule has 0 radical (unpaired) electrons. The quantitative estimate of drug-likeness (QED) is 0.392. The lowest BCUT2D eigenvalue weighted by Crippen LogP contribution is -2.39. The van der Waals surface area contributed by atoms with Crippen molar-refractivity contribution in [3.63, 3.8) is 0 Å². The zero-order chi connectivity index (χ0) is 22.5. The lowest BCUT2D eigenvalue weighted by molar-refractivity contribution is 0.0916. The Morgan fingerprint density at radius 1 is 1.03 bits per heavy atom. The standard InChI is InChI=1S/C26H26N2O4/c1-31-21-10-11-25(32-2)23(14-21)17-6-5-7-18(12-17)26(30)28-20(16-29)13-19-15-27-24-9-4-3-8-22(19)24/h3-12,14-15,20,27,29H,13,16H2,1-2H3,(H,28,30)/t20-/m1/s1. The number of aliphatic hydroxyl groups excluding tert-OH is 1. The van der Waals surface area contributed by atoms with Gasteiger partial charge in [-0.05, 0) is 53.9 Å². The summed E-state index contributed by atoms with van der Waals surface area (Å²) in [5.74, 6) is 1.15. The predicted octanol–water partition coefficient (Wildman–Crippen LogP) is 4.19. The van der Waals surface area contributed by atoms with E-state index in [1.54, 1.807) is 20.3 Å². The van der Waals surface area contributed by atoms with Crippen LogP contribution in [-0.4, -0.2) is 42.9 Å². The summed E-state index contributed by atoms with van der Waals surface area (Å²) in [5, 5.41) is 13.9. The molecule has 164 valence electrons. The summed E-state index contributed by atoms with van der Waals surface area (Å²) in [5.41, 5.74) is 4.26. The minimum atomic E-state index is -0.406. The fraction of sp³-hybridized carbons (Fsp3) is 0.192. The van der Waals surface area contributed by atoms with E-state index in [-0.39, 0.29) is 12.5 Å². The SMILES string of the molecule is COc1ccc(OC)c(-c2cccc(C(=O)N[C@@H](CO)Cc3c[nH]c4ccccc34)c2)c1. The van der Waals surface area contributed by atoms with Gasteiger partial charge in [-0.15, -0.1) is 0 Å². The van der Waals surface area contributed by atoms with E-state index in [2.05, 4.69) is 10.3 Å². The van der Waals surface area contributed by atoms with Gasteiger partial charge in [0.25, 0.3) is 5.91 Å². The smallest absolute Gasteiger partial charge is 0.251 e. The largest absolute Gasteiger partial charge is 0.497 e. The van der Waals surface area contributed by atoms with Crippen LogP contribution in [0.5, 0.6) is 11.5 Å². The van der Waals surface area contributed by atoms with Gasteiger partial charge in [0.15, 0.2) is 0 Å². The highest BCUT2D eigenvalue weighted by molar-refractivity contribution is 5.96. The number of aromatic amines is 1. The average molecular weight is 431 g/mol. The van der Waals surface area contributed by atoms with Gasteiger partial charge in [0.1, 0.15) is 11.5 Å². The lowest BCUT2D eigenvalue weighted by Gasteiger charge is -2.17. The maximum absolute atomic E-state index is 13.0. The molecule has 6 heteroatoms. The normalized spacial score (nSPS) is 11.8. The predicted molar refractivity (Wildman–Crippen MR) is 125 cm³/mol. The van der Waals surface area contributed by atoms with Gasteiger partial charge in [0.2, 0.25) is 0 Å². The highest BCUT2D eigenvalue weighted by Crippen LogP contribution is 2.33. The number of fused-ring (bicyclic) bond motifs is 1. The van der Waals surface area contributed by atoms with Crippen LogP contribution >= 0.6 is 0 Å². The Balaban J connectivity index is 1.55. The van der Waals surface area contributed by atoms with Crippen LogP contribution in [0.3, 0.4) is 0 Å². The number of hydrogen-bond acceptors (Lipinski definition) is 4. The Bertz CT molecular complexity index is 1230. The molecular formula is C26H26N2O4. The number of aromatic nitrogens is 1. The fourth-order valence-corrected chi connectivity index (χ4v) is 3.86. The number of carbonyl (C=O) groups excluding carboxylic acids is 1. The van der Waals surface area contributed by atoms with Crippen molar-refractivity contribution in [2.24, 2.45) is 0 Å². The number of nitrogens with one attached hydrogen (secondary N) is 2. The Labute approximate surface area is 186 Å². The van der Waals surface area contributed by atoms with Gasteiger partial charge >= 0.3 is 0 Å². The molecule has 0 unspecified atom stereocenters. The van der Waals surface area contributed by atoms with Crippen LogP contribution in [0.2, 0.25) is 0 Å². The number of carbonyl (C=O) groups is 1. The fourth-order valence-electron chi connectivity index (χ4n) is 3.86.